The predicted molar refractivity (Wildman–Crippen MR) is 143 cm³/mol. The number of hydrogen-bond donors (Lipinski definition) is 4. The van der Waals surface area contributed by atoms with E-state index in [2.05, 4.69) is 5.32 Å². The highest BCUT2D eigenvalue weighted by Gasteiger charge is 2.16. The molecule has 0 spiro atoms. The second kappa shape index (κ2) is 13.4. The molecule has 188 valence electrons. The average Bonchev–Trinajstić information content (AvgIpc) is 2.81. The van der Waals surface area contributed by atoms with Crippen LogP contribution in [0.5, 0.6) is 11.5 Å². The summed E-state index contributed by atoms with van der Waals surface area (Å²) < 4.78 is 5.82. The molecule has 3 aromatic carbocycles. The highest BCUT2D eigenvalue weighted by Crippen LogP contribution is 2.32. The predicted octanol–water partition coefficient (Wildman–Crippen LogP) is 5.77. The molecule has 3 aromatic rings. The zero-order valence-corrected chi connectivity index (χ0v) is 21.6. The fourth-order valence-corrected chi connectivity index (χ4v) is 4.49. The van der Waals surface area contributed by atoms with Crippen molar-refractivity contribution in [3.8, 4) is 22.6 Å². The zero-order chi connectivity index (χ0) is 24.7. The van der Waals surface area contributed by atoms with Crippen LogP contribution in [0.4, 0.5) is 0 Å². The number of carboxylic acids is 1. The van der Waals surface area contributed by atoms with Crippen molar-refractivity contribution >= 4 is 30.1 Å². The first-order valence-electron chi connectivity index (χ1n) is 11.2. The lowest BCUT2D eigenvalue weighted by molar-refractivity contribution is 0.0693. The molecule has 0 radical (unpaired) electrons. The Morgan fingerprint density at radius 1 is 0.971 bits per heavy atom. The van der Waals surface area contributed by atoms with E-state index >= 15 is 0 Å². The number of benzene rings is 3. The number of carboxylic acid groups (broad SMARTS) is 1. The molecule has 6 nitrogen and oxygen atoms in total. The first-order chi connectivity index (χ1) is 16.2. The number of aromatic hydroxyl groups is 1. The van der Waals surface area contributed by atoms with Crippen molar-refractivity contribution < 1.29 is 24.9 Å². The van der Waals surface area contributed by atoms with Gasteiger partial charge in [-0.05, 0) is 60.0 Å². The molecule has 8 heteroatoms. The number of ether oxygens (including phenoxy) is 1. The fourth-order valence-electron chi connectivity index (χ4n) is 3.50. The molecule has 0 saturated carbocycles. The number of thioether (sulfide) groups is 1. The summed E-state index contributed by atoms with van der Waals surface area (Å²) in [5.74, 6) is -0.0173. The SMILES string of the molecule is CC(C)Sc1cc(-c2ccc(OCCN[C@@H](C)[C@@H](O)c3ccc(O)cc3)cc2)ccc1C(=O)O.Cl. The minimum absolute atomic E-state index is 0. The van der Waals surface area contributed by atoms with Crippen LogP contribution in [0.1, 0.15) is 42.8 Å². The van der Waals surface area contributed by atoms with Crippen LogP contribution in [0.3, 0.4) is 0 Å². The summed E-state index contributed by atoms with van der Waals surface area (Å²) in [6.07, 6.45) is -0.689. The van der Waals surface area contributed by atoms with Crippen LogP contribution in [-0.4, -0.2) is 45.7 Å². The standard InChI is InChI=1S/C27H31NO5S.ClH/c1-17(2)34-25-16-21(8-13-24(25)27(31)32)19-6-11-23(12-7-19)33-15-14-28-18(3)26(30)20-4-9-22(29)10-5-20;/h4-13,16-18,26,28-30H,14-15H2,1-3H3,(H,31,32);1H/t18-,26+;/m0./s1. The highest BCUT2D eigenvalue weighted by atomic mass is 35.5. The lowest BCUT2D eigenvalue weighted by Crippen LogP contribution is -2.35. The van der Waals surface area contributed by atoms with Gasteiger partial charge in [0.25, 0.3) is 0 Å². The van der Waals surface area contributed by atoms with Crippen molar-refractivity contribution in [3.05, 3.63) is 77.9 Å². The van der Waals surface area contributed by atoms with Crippen molar-refractivity contribution in [3.63, 3.8) is 0 Å². The van der Waals surface area contributed by atoms with Gasteiger partial charge in [-0.2, -0.15) is 0 Å². The normalized spacial score (nSPS) is 12.6. The number of aromatic carboxylic acids is 1. The molecular weight excluding hydrogens is 486 g/mol. The Balaban J connectivity index is 0.00000432. The summed E-state index contributed by atoms with van der Waals surface area (Å²) >= 11 is 1.54. The smallest absolute Gasteiger partial charge is 0.336 e. The molecular formula is C27H32ClNO5S. The van der Waals surface area contributed by atoms with E-state index in [1.165, 1.54) is 0 Å². The maximum Gasteiger partial charge on any atom is 0.336 e. The summed E-state index contributed by atoms with van der Waals surface area (Å²) in [5.41, 5.74) is 3.00. The molecule has 0 saturated heterocycles. The molecule has 0 aromatic heterocycles. The van der Waals surface area contributed by atoms with E-state index in [0.29, 0.717) is 18.7 Å². The van der Waals surface area contributed by atoms with E-state index in [1.54, 1.807) is 42.1 Å². The molecule has 0 unspecified atom stereocenters. The van der Waals surface area contributed by atoms with Gasteiger partial charge in [0.15, 0.2) is 0 Å². The molecule has 3 rings (SSSR count). The van der Waals surface area contributed by atoms with Gasteiger partial charge in [0, 0.05) is 22.7 Å². The van der Waals surface area contributed by atoms with Gasteiger partial charge in [0.2, 0.25) is 0 Å². The minimum atomic E-state index is -0.919. The van der Waals surface area contributed by atoms with Gasteiger partial charge >= 0.3 is 5.97 Å². The largest absolute Gasteiger partial charge is 0.508 e. The highest BCUT2D eigenvalue weighted by molar-refractivity contribution is 8.00. The summed E-state index contributed by atoms with van der Waals surface area (Å²) in [6.45, 7) is 6.98. The first kappa shape index (κ1) is 28.5. The van der Waals surface area contributed by atoms with Gasteiger partial charge in [0.1, 0.15) is 18.1 Å². The van der Waals surface area contributed by atoms with Gasteiger partial charge in [-0.1, -0.05) is 44.2 Å². The molecule has 2 atom stereocenters. The van der Waals surface area contributed by atoms with Gasteiger partial charge in [-0.25, -0.2) is 4.79 Å². The Hall–Kier alpha value is -2.71. The van der Waals surface area contributed by atoms with Crippen LogP contribution in [0.25, 0.3) is 11.1 Å². The van der Waals surface area contributed by atoms with Crippen LogP contribution >= 0.6 is 24.2 Å². The van der Waals surface area contributed by atoms with Crippen LogP contribution in [0, 0.1) is 0 Å². The van der Waals surface area contributed by atoms with Gasteiger partial charge in [-0.3, -0.25) is 0 Å². The first-order valence-corrected chi connectivity index (χ1v) is 12.1. The summed E-state index contributed by atoms with van der Waals surface area (Å²) in [7, 11) is 0. The van der Waals surface area contributed by atoms with Crippen molar-refractivity contribution in [1.29, 1.82) is 0 Å². The molecule has 0 amide bonds. The number of carbonyl (C=O) groups is 1. The molecule has 0 bridgehead atoms. The Kier molecular flexibility index (Phi) is 10.9. The lowest BCUT2D eigenvalue weighted by Gasteiger charge is -2.21. The van der Waals surface area contributed by atoms with Crippen molar-refractivity contribution in [1.82, 2.24) is 5.32 Å². The van der Waals surface area contributed by atoms with E-state index in [4.69, 9.17) is 4.74 Å². The number of nitrogens with one attached hydrogen (secondary N) is 1. The second-order valence-corrected chi connectivity index (χ2v) is 9.95. The molecule has 0 aliphatic carbocycles. The monoisotopic (exact) mass is 517 g/mol. The van der Waals surface area contributed by atoms with Crippen molar-refractivity contribution in [2.24, 2.45) is 0 Å². The zero-order valence-electron chi connectivity index (χ0n) is 20.0. The summed E-state index contributed by atoms with van der Waals surface area (Å²) in [4.78, 5) is 12.3. The number of hydrogen-bond acceptors (Lipinski definition) is 6. The minimum Gasteiger partial charge on any atom is -0.508 e. The number of phenolic OH excluding ortho intramolecular Hbond substituents is 1. The van der Waals surface area contributed by atoms with E-state index in [1.807, 2.05) is 57.2 Å². The Labute approximate surface area is 216 Å². The van der Waals surface area contributed by atoms with Crippen molar-refractivity contribution in [2.45, 2.75) is 43.1 Å². The van der Waals surface area contributed by atoms with Crippen LogP contribution in [0.15, 0.2) is 71.6 Å². The average molecular weight is 518 g/mol. The Morgan fingerprint density at radius 2 is 1.60 bits per heavy atom. The molecule has 0 fully saturated rings. The van der Waals surface area contributed by atoms with Crippen molar-refractivity contribution in [2.75, 3.05) is 13.2 Å². The summed E-state index contributed by atoms with van der Waals surface area (Å²) in [6, 6.07) is 19.5. The third-order valence-electron chi connectivity index (χ3n) is 5.31. The molecule has 0 aliphatic rings. The van der Waals surface area contributed by atoms with Gasteiger partial charge < -0.3 is 25.4 Å². The summed E-state index contributed by atoms with van der Waals surface area (Å²) in [5, 5.41) is 32.8. The number of halogens is 1. The molecule has 35 heavy (non-hydrogen) atoms. The fraction of sp³-hybridized carbons (Fsp3) is 0.296. The van der Waals surface area contributed by atoms with Crippen LogP contribution in [0.2, 0.25) is 0 Å². The van der Waals surface area contributed by atoms with Crippen LogP contribution in [-0.2, 0) is 0 Å². The second-order valence-electron chi connectivity index (χ2n) is 8.33. The number of aliphatic hydroxyl groups excluding tert-OH is 1. The number of aliphatic hydroxyl groups is 1. The molecule has 4 N–H and O–H groups in total. The van der Waals surface area contributed by atoms with E-state index in [-0.39, 0.29) is 29.4 Å². The van der Waals surface area contributed by atoms with E-state index in [0.717, 1.165) is 27.3 Å². The molecule has 0 heterocycles. The molecule has 0 aliphatic heterocycles. The van der Waals surface area contributed by atoms with Crippen LogP contribution < -0.4 is 10.1 Å². The van der Waals surface area contributed by atoms with E-state index in [9.17, 15) is 20.1 Å². The van der Waals surface area contributed by atoms with Gasteiger partial charge in [-0.15, -0.1) is 24.2 Å². The third kappa shape index (κ3) is 8.18. The topological polar surface area (TPSA) is 99.0 Å². The quantitative estimate of drug-likeness (QED) is 0.189. The number of phenols is 1. The number of rotatable bonds is 11. The van der Waals surface area contributed by atoms with E-state index < -0.39 is 12.1 Å². The Bertz CT molecular complexity index is 1090. The maximum absolute atomic E-state index is 11.5. The maximum atomic E-state index is 11.5. The van der Waals surface area contributed by atoms with Gasteiger partial charge in [0.05, 0.1) is 11.7 Å². The third-order valence-corrected chi connectivity index (χ3v) is 6.37. The lowest BCUT2D eigenvalue weighted by atomic mass is 10.0. The Morgan fingerprint density at radius 3 is 2.20 bits per heavy atom.